The topological polar surface area (TPSA) is 63.6 Å². The Morgan fingerprint density at radius 1 is 0.818 bits per heavy atom. The fourth-order valence-electron chi connectivity index (χ4n) is 2.23. The van der Waals surface area contributed by atoms with Gasteiger partial charge in [-0.15, -0.1) is 0 Å². The molecule has 22 heavy (non-hydrogen) atoms. The summed E-state index contributed by atoms with van der Waals surface area (Å²) in [5, 5.41) is 8.43. The zero-order chi connectivity index (χ0) is 15.8. The summed E-state index contributed by atoms with van der Waals surface area (Å²) in [6, 6.07) is 0. The molecule has 0 aromatic heterocycles. The second-order valence-corrected chi connectivity index (χ2v) is 5.65. The van der Waals surface area contributed by atoms with E-state index in [2.05, 4.69) is 6.92 Å². The van der Waals surface area contributed by atoms with Crippen LogP contribution in [0.15, 0.2) is 0 Å². The number of carboxylic acids is 1. The summed E-state index contributed by atoms with van der Waals surface area (Å²) in [5.41, 5.74) is 0. The molecule has 0 aliphatic carbocycles. The van der Waals surface area contributed by atoms with E-state index in [0.29, 0.717) is 6.61 Å². The Kier molecular flexibility index (Phi) is 20.9. The number of esters is 1. The number of carbonyl (C=O) groups excluding carboxylic acids is 1. The Morgan fingerprint density at radius 2 is 1.27 bits per heavy atom. The van der Waals surface area contributed by atoms with Crippen LogP contribution in [0.2, 0.25) is 0 Å². The summed E-state index contributed by atoms with van der Waals surface area (Å²) in [6.45, 7) is 2.67. The molecule has 1 N–H and O–H groups in total. The van der Waals surface area contributed by atoms with Gasteiger partial charge < -0.3 is 11.3 Å². The van der Waals surface area contributed by atoms with E-state index in [1.165, 1.54) is 57.8 Å². The zero-order valence-electron chi connectivity index (χ0n) is 15.6. The van der Waals surface area contributed by atoms with Crippen molar-refractivity contribution in [3.8, 4) is 0 Å². The first kappa shape index (κ1) is 24.2. The number of carboxylic acid groups (broad SMARTS) is 1. The van der Waals surface area contributed by atoms with E-state index >= 15 is 0 Å². The van der Waals surface area contributed by atoms with Gasteiger partial charge in [-0.2, -0.15) is 0 Å². The first-order valence-electron chi connectivity index (χ1n) is 8.54. The standard InChI is InChI=1S/C17H32O4.Na.H/c1-2-3-4-5-6-7-8-9-10-11-12-15-21-17(20)14-13-16(18)19;;/h2-15H2,1H3,(H,18,19);;/q;+1;-1. The Morgan fingerprint density at radius 3 is 1.73 bits per heavy atom. The molecule has 0 fully saturated rings. The van der Waals surface area contributed by atoms with Gasteiger partial charge in [0.1, 0.15) is 0 Å². The molecule has 4 nitrogen and oxygen atoms in total. The maximum Gasteiger partial charge on any atom is 1.00 e. The van der Waals surface area contributed by atoms with Gasteiger partial charge >= 0.3 is 41.5 Å². The molecule has 0 radical (unpaired) electrons. The SMILES string of the molecule is CCCCCCCCCCCCCOC(=O)CCC(=O)O.[H-].[Na+]. The third kappa shape index (κ3) is 19.9. The summed E-state index contributed by atoms with van der Waals surface area (Å²) in [4.78, 5) is 21.4. The van der Waals surface area contributed by atoms with Gasteiger partial charge in [0.25, 0.3) is 0 Å². The van der Waals surface area contributed by atoms with E-state index in [1.54, 1.807) is 0 Å². The molecule has 0 amide bonds. The monoisotopic (exact) mass is 324 g/mol. The van der Waals surface area contributed by atoms with Crippen LogP contribution < -0.4 is 29.6 Å². The van der Waals surface area contributed by atoms with Gasteiger partial charge in [-0.1, -0.05) is 71.1 Å². The second-order valence-electron chi connectivity index (χ2n) is 5.65. The molecule has 0 aromatic carbocycles. The quantitative estimate of drug-likeness (QED) is 0.283. The minimum absolute atomic E-state index is 0. The van der Waals surface area contributed by atoms with Crippen molar-refractivity contribution >= 4 is 11.9 Å². The Labute approximate surface area is 159 Å². The van der Waals surface area contributed by atoms with Crippen LogP contribution in [-0.4, -0.2) is 23.7 Å². The predicted molar refractivity (Wildman–Crippen MR) is 85.4 cm³/mol. The molecule has 0 aromatic rings. The van der Waals surface area contributed by atoms with Gasteiger partial charge in [0.05, 0.1) is 19.4 Å². The van der Waals surface area contributed by atoms with Crippen molar-refractivity contribution in [1.29, 1.82) is 0 Å². The molecule has 126 valence electrons. The van der Waals surface area contributed by atoms with E-state index in [1.807, 2.05) is 0 Å². The number of aliphatic carboxylic acids is 1. The fourth-order valence-corrected chi connectivity index (χ4v) is 2.23. The molecular formula is C17H33NaO4. The largest absolute Gasteiger partial charge is 1.00 e. The van der Waals surface area contributed by atoms with Crippen LogP contribution in [0.1, 0.15) is 91.8 Å². The summed E-state index contributed by atoms with van der Waals surface area (Å²) in [5.74, 6) is -1.36. The van der Waals surface area contributed by atoms with Gasteiger partial charge in [-0.3, -0.25) is 9.59 Å². The van der Waals surface area contributed by atoms with Gasteiger partial charge in [-0.25, -0.2) is 0 Å². The molecule has 0 saturated carbocycles. The normalized spacial score (nSPS) is 10.0. The van der Waals surface area contributed by atoms with E-state index in [0.717, 1.165) is 12.8 Å². The van der Waals surface area contributed by atoms with Crippen molar-refractivity contribution in [2.45, 2.75) is 90.4 Å². The van der Waals surface area contributed by atoms with Crippen LogP contribution >= 0.6 is 0 Å². The van der Waals surface area contributed by atoms with Crippen molar-refractivity contribution in [2.75, 3.05) is 6.61 Å². The van der Waals surface area contributed by atoms with Gasteiger partial charge in [0.15, 0.2) is 0 Å². The summed E-state index contributed by atoms with van der Waals surface area (Å²) >= 11 is 0. The molecule has 0 aliphatic rings. The second kappa shape index (κ2) is 19.0. The van der Waals surface area contributed by atoms with E-state index in [9.17, 15) is 9.59 Å². The summed E-state index contributed by atoms with van der Waals surface area (Å²) in [6.07, 6.45) is 13.7. The molecule has 0 heterocycles. The molecule has 0 atom stereocenters. The van der Waals surface area contributed by atoms with Crippen molar-refractivity contribution in [3.05, 3.63) is 0 Å². The van der Waals surface area contributed by atoms with Crippen LogP contribution in [0.25, 0.3) is 0 Å². The summed E-state index contributed by atoms with van der Waals surface area (Å²) in [7, 11) is 0. The average Bonchev–Trinajstić information content (AvgIpc) is 2.46. The minimum atomic E-state index is -0.957. The minimum Gasteiger partial charge on any atom is -1.00 e. The zero-order valence-corrected chi connectivity index (χ0v) is 16.6. The number of ether oxygens (including phenoxy) is 1. The van der Waals surface area contributed by atoms with Crippen LogP contribution in [0.4, 0.5) is 0 Å². The molecule has 0 unspecified atom stereocenters. The molecule has 5 heteroatoms. The third-order valence-electron chi connectivity index (χ3n) is 3.55. The number of carbonyl (C=O) groups is 2. The van der Waals surface area contributed by atoms with E-state index in [-0.39, 0.29) is 43.8 Å². The first-order valence-corrected chi connectivity index (χ1v) is 8.54. The molecule has 0 bridgehead atoms. The van der Waals surface area contributed by atoms with Crippen LogP contribution in [0, 0.1) is 0 Å². The number of unbranched alkanes of at least 4 members (excludes halogenated alkanes) is 10. The molecular weight excluding hydrogens is 291 g/mol. The molecule has 0 aliphatic heterocycles. The first-order chi connectivity index (χ1) is 10.2. The van der Waals surface area contributed by atoms with Crippen LogP contribution in [-0.2, 0) is 14.3 Å². The van der Waals surface area contributed by atoms with Crippen LogP contribution in [0.3, 0.4) is 0 Å². The Bertz CT molecular complexity index is 275. The third-order valence-corrected chi connectivity index (χ3v) is 3.55. The number of hydrogen-bond acceptors (Lipinski definition) is 3. The van der Waals surface area contributed by atoms with Gasteiger partial charge in [0.2, 0.25) is 0 Å². The van der Waals surface area contributed by atoms with Gasteiger partial charge in [-0.05, 0) is 6.42 Å². The maximum atomic E-state index is 11.1. The van der Waals surface area contributed by atoms with Crippen molar-refractivity contribution in [1.82, 2.24) is 0 Å². The summed E-state index contributed by atoms with van der Waals surface area (Å²) < 4.78 is 4.97. The fraction of sp³-hybridized carbons (Fsp3) is 0.882. The Balaban J connectivity index is -0.00000200. The number of hydrogen-bond donors (Lipinski definition) is 1. The van der Waals surface area contributed by atoms with E-state index in [4.69, 9.17) is 9.84 Å². The number of rotatable bonds is 15. The Hall–Kier alpha value is -0.0600. The average molecular weight is 324 g/mol. The molecule has 0 saturated heterocycles. The van der Waals surface area contributed by atoms with Crippen molar-refractivity contribution in [2.24, 2.45) is 0 Å². The van der Waals surface area contributed by atoms with Crippen LogP contribution in [0.5, 0.6) is 0 Å². The van der Waals surface area contributed by atoms with Crippen molar-refractivity contribution in [3.63, 3.8) is 0 Å². The smallest absolute Gasteiger partial charge is 1.00 e. The van der Waals surface area contributed by atoms with Gasteiger partial charge in [0, 0.05) is 0 Å². The molecule has 0 rings (SSSR count). The van der Waals surface area contributed by atoms with E-state index < -0.39 is 11.9 Å². The maximum absolute atomic E-state index is 11.1. The molecule has 0 spiro atoms. The van der Waals surface area contributed by atoms with Crippen molar-refractivity contribution < 1.29 is 50.4 Å². The predicted octanol–water partition coefficient (Wildman–Crippen LogP) is 1.82.